The Kier molecular flexibility index (Phi) is 8.09. The van der Waals surface area contributed by atoms with E-state index >= 15 is 0 Å². The Morgan fingerprint density at radius 1 is 1.14 bits per heavy atom. The fourth-order valence-corrected chi connectivity index (χ4v) is 4.22. The minimum Gasteiger partial charge on any atom is -0.496 e. The number of halogens is 2. The lowest BCUT2D eigenvalue weighted by molar-refractivity contribution is 0.240. The van der Waals surface area contributed by atoms with Crippen molar-refractivity contribution in [3.63, 3.8) is 0 Å². The third-order valence-electron chi connectivity index (χ3n) is 4.87. The first kappa shape index (κ1) is 21.8. The highest BCUT2D eigenvalue weighted by molar-refractivity contribution is 7.99. The zero-order valence-electron chi connectivity index (χ0n) is 16.2. The molecule has 2 N–H and O–H groups in total. The Morgan fingerprint density at radius 2 is 1.83 bits per heavy atom. The molecule has 0 aromatic heterocycles. The molecule has 3 rings (SSSR count). The summed E-state index contributed by atoms with van der Waals surface area (Å²) >= 11 is 5.97. The minimum absolute atomic E-state index is 0.151. The molecule has 0 saturated carbocycles. The lowest BCUT2D eigenvalue weighted by atomic mass is 10.0. The predicted octanol–water partition coefficient (Wildman–Crippen LogP) is 5.13. The molecule has 156 valence electrons. The second-order valence-corrected chi connectivity index (χ2v) is 8.21. The van der Waals surface area contributed by atoms with E-state index in [-0.39, 0.29) is 6.04 Å². The number of methoxy groups -OCH3 is 1. The molecule has 1 aliphatic heterocycles. The molecule has 0 amide bonds. The monoisotopic (exact) mass is 437 g/mol. The molecule has 4 nitrogen and oxygen atoms in total. The number of thioether (sulfide) groups is 1. The van der Waals surface area contributed by atoms with Crippen LogP contribution in [0.2, 0.25) is 0 Å². The van der Waals surface area contributed by atoms with Crippen LogP contribution in [0.25, 0.3) is 0 Å². The highest BCUT2D eigenvalue weighted by Crippen LogP contribution is 2.31. The van der Waals surface area contributed by atoms with Gasteiger partial charge in [-0.25, -0.2) is 0 Å². The number of thiocarbonyl (C=S) groups is 1. The Morgan fingerprint density at radius 3 is 2.48 bits per heavy atom. The van der Waals surface area contributed by atoms with E-state index in [1.807, 2.05) is 18.2 Å². The van der Waals surface area contributed by atoms with Gasteiger partial charge in [0.25, 0.3) is 5.76 Å². The molecular weight excluding hydrogens is 412 g/mol. The van der Waals surface area contributed by atoms with Gasteiger partial charge in [-0.3, -0.25) is 4.90 Å². The number of hydrogen-bond acceptors (Lipinski definition) is 4. The molecule has 1 atom stereocenters. The lowest BCUT2D eigenvalue weighted by Gasteiger charge is -2.29. The van der Waals surface area contributed by atoms with Crippen LogP contribution in [0.3, 0.4) is 0 Å². The number of rotatable bonds is 8. The molecule has 1 unspecified atom stereocenters. The van der Waals surface area contributed by atoms with E-state index in [0.29, 0.717) is 28.3 Å². The topological polar surface area (TPSA) is 36.5 Å². The number of para-hydroxylation sites is 1. The van der Waals surface area contributed by atoms with Gasteiger partial charge in [0.1, 0.15) is 5.75 Å². The first-order valence-electron chi connectivity index (χ1n) is 9.53. The number of nitrogens with one attached hydrogen (secondary N) is 2. The van der Waals surface area contributed by atoms with Crippen molar-refractivity contribution >= 4 is 34.8 Å². The third kappa shape index (κ3) is 6.29. The van der Waals surface area contributed by atoms with Crippen LogP contribution in [0.15, 0.2) is 53.4 Å². The Balaban J connectivity index is 1.62. The molecule has 1 heterocycles. The van der Waals surface area contributed by atoms with Crippen molar-refractivity contribution in [2.75, 3.05) is 32.1 Å². The summed E-state index contributed by atoms with van der Waals surface area (Å²) in [6.07, 6.45) is 2.38. The van der Waals surface area contributed by atoms with Crippen molar-refractivity contribution in [3.8, 4) is 5.75 Å². The van der Waals surface area contributed by atoms with Crippen molar-refractivity contribution < 1.29 is 13.5 Å². The molecule has 0 bridgehead atoms. The lowest BCUT2D eigenvalue weighted by Crippen LogP contribution is -2.38. The number of ether oxygens (including phenoxy) is 1. The Bertz CT molecular complexity index is 799. The van der Waals surface area contributed by atoms with Gasteiger partial charge >= 0.3 is 0 Å². The number of anilines is 1. The summed E-state index contributed by atoms with van der Waals surface area (Å²) in [6, 6.07) is 15.0. The molecule has 0 spiro atoms. The average molecular weight is 438 g/mol. The van der Waals surface area contributed by atoms with Crippen LogP contribution in [0.1, 0.15) is 24.4 Å². The van der Waals surface area contributed by atoms with Crippen LogP contribution in [-0.2, 0) is 0 Å². The van der Waals surface area contributed by atoms with Crippen LogP contribution < -0.4 is 15.4 Å². The molecule has 1 saturated heterocycles. The number of benzene rings is 2. The summed E-state index contributed by atoms with van der Waals surface area (Å²) in [6.45, 7) is 2.74. The Labute approximate surface area is 180 Å². The van der Waals surface area contributed by atoms with Crippen LogP contribution in [-0.4, -0.2) is 42.5 Å². The molecule has 0 radical (unpaired) electrons. The van der Waals surface area contributed by atoms with Gasteiger partial charge < -0.3 is 15.4 Å². The van der Waals surface area contributed by atoms with Crippen molar-refractivity contribution in [2.24, 2.45) is 0 Å². The molecule has 1 fully saturated rings. The fourth-order valence-electron chi connectivity index (χ4n) is 3.52. The fraction of sp³-hybridized carbons (Fsp3) is 0.381. The molecule has 1 aliphatic rings. The van der Waals surface area contributed by atoms with Gasteiger partial charge in [-0.05, 0) is 68.5 Å². The average Bonchev–Trinajstić information content (AvgIpc) is 3.24. The van der Waals surface area contributed by atoms with Crippen LogP contribution in [0.4, 0.5) is 14.5 Å². The van der Waals surface area contributed by atoms with E-state index in [4.69, 9.17) is 17.0 Å². The maximum Gasteiger partial charge on any atom is 0.288 e. The second-order valence-electron chi connectivity index (χ2n) is 6.74. The SMILES string of the molecule is COc1ccccc1C(CNC(=S)Nc1ccc(SC(F)F)cc1)N1CCCC1. The van der Waals surface area contributed by atoms with Crippen LogP contribution in [0, 0.1) is 0 Å². The standard InChI is InChI=1S/C21H25F2N3OS2/c1-27-19-7-3-2-6-17(19)18(26-12-4-5-13-26)14-24-21(28)25-15-8-10-16(11-9-15)29-20(22)23/h2-3,6-11,18,20H,4-5,12-14H2,1H3,(H2,24,25,28). The van der Waals surface area contributed by atoms with E-state index in [9.17, 15) is 8.78 Å². The predicted molar refractivity (Wildman–Crippen MR) is 119 cm³/mol. The van der Waals surface area contributed by atoms with E-state index < -0.39 is 5.76 Å². The van der Waals surface area contributed by atoms with Gasteiger partial charge in [0.2, 0.25) is 0 Å². The zero-order valence-corrected chi connectivity index (χ0v) is 17.9. The van der Waals surface area contributed by atoms with Crippen LogP contribution >= 0.6 is 24.0 Å². The molecule has 2 aromatic rings. The molecule has 2 aromatic carbocycles. The van der Waals surface area contributed by atoms with Gasteiger partial charge in [0, 0.05) is 22.7 Å². The number of likely N-dealkylation sites (tertiary alicyclic amines) is 1. The number of nitrogens with zero attached hydrogens (tertiary/aromatic N) is 1. The van der Waals surface area contributed by atoms with E-state index in [0.717, 1.165) is 30.1 Å². The third-order valence-corrected chi connectivity index (χ3v) is 5.84. The first-order chi connectivity index (χ1) is 14.1. The Hall–Kier alpha value is -1.90. The van der Waals surface area contributed by atoms with E-state index in [1.165, 1.54) is 12.8 Å². The number of alkyl halides is 2. The van der Waals surface area contributed by atoms with Crippen molar-refractivity contribution in [2.45, 2.75) is 29.5 Å². The van der Waals surface area contributed by atoms with Crippen LogP contribution in [0.5, 0.6) is 5.75 Å². The molecule has 29 heavy (non-hydrogen) atoms. The summed E-state index contributed by atoms with van der Waals surface area (Å²) in [5.74, 6) is -1.55. The summed E-state index contributed by atoms with van der Waals surface area (Å²) in [5, 5.41) is 6.92. The molecule has 0 aliphatic carbocycles. The van der Waals surface area contributed by atoms with Gasteiger partial charge in [0.15, 0.2) is 5.11 Å². The maximum absolute atomic E-state index is 12.4. The summed E-state index contributed by atoms with van der Waals surface area (Å²) in [4.78, 5) is 2.97. The minimum atomic E-state index is -2.42. The quantitative estimate of drug-likeness (QED) is 0.440. The van der Waals surface area contributed by atoms with Crippen molar-refractivity contribution in [1.29, 1.82) is 0 Å². The van der Waals surface area contributed by atoms with Gasteiger partial charge in [-0.2, -0.15) is 8.78 Å². The van der Waals surface area contributed by atoms with Gasteiger partial charge in [-0.15, -0.1) is 0 Å². The first-order valence-corrected chi connectivity index (χ1v) is 10.8. The summed E-state index contributed by atoms with van der Waals surface area (Å²) in [5.41, 5.74) is 1.90. The maximum atomic E-state index is 12.4. The van der Waals surface area contributed by atoms with E-state index in [2.05, 4.69) is 21.6 Å². The van der Waals surface area contributed by atoms with Crippen molar-refractivity contribution in [3.05, 3.63) is 54.1 Å². The normalized spacial score (nSPS) is 15.3. The highest BCUT2D eigenvalue weighted by atomic mass is 32.2. The zero-order chi connectivity index (χ0) is 20.6. The van der Waals surface area contributed by atoms with E-state index in [1.54, 1.807) is 31.4 Å². The second kappa shape index (κ2) is 10.8. The van der Waals surface area contributed by atoms with Gasteiger partial charge in [0.05, 0.1) is 13.2 Å². The smallest absolute Gasteiger partial charge is 0.288 e. The largest absolute Gasteiger partial charge is 0.496 e. The summed E-state index contributed by atoms with van der Waals surface area (Å²) in [7, 11) is 1.69. The number of hydrogen-bond donors (Lipinski definition) is 2. The molecular formula is C21H25F2N3OS2. The van der Waals surface area contributed by atoms with Gasteiger partial charge in [-0.1, -0.05) is 30.0 Å². The highest BCUT2D eigenvalue weighted by Gasteiger charge is 2.25. The summed E-state index contributed by atoms with van der Waals surface area (Å²) < 4.78 is 30.4. The van der Waals surface area contributed by atoms with Crippen molar-refractivity contribution in [1.82, 2.24) is 10.2 Å². The molecule has 8 heteroatoms.